The van der Waals surface area contributed by atoms with E-state index in [4.69, 9.17) is 9.68 Å². The molecule has 1 N–H and O–H groups in total. The highest BCUT2D eigenvalue weighted by molar-refractivity contribution is 5.76. The first-order chi connectivity index (χ1) is 9.29. The minimum Gasteiger partial charge on any atom is -0.441 e. The molecular formula is C14H13N3O2. The summed E-state index contributed by atoms with van der Waals surface area (Å²) in [6.45, 7) is 0.0275. The number of oxazole rings is 1. The minimum absolute atomic E-state index is 0.0275. The van der Waals surface area contributed by atoms with Crippen LogP contribution in [0.3, 0.4) is 0 Å². The second kappa shape index (κ2) is 6.36. The van der Waals surface area contributed by atoms with Crippen molar-refractivity contribution in [2.75, 3.05) is 6.54 Å². The van der Waals surface area contributed by atoms with E-state index >= 15 is 0 Å². The SMILES string of the molecule is N#CCNC(=O)CCc1ncc(-c2ccccc2)o1. The van der Waals surface area contributed by atoms with Gasteiger partial charge in [0.25, 0.3) is 0 Å². The predicted octanol–water partition coefficient (Wildman–Crippen LogP) is 1.91. The molecule has 2 rings (SSSR count). The number of nitriles is 1. The molecule has 0 bridgehead atoms. The second-order valence-electron chi connectivity index (χ2n) is 3.92. The Bertz CT molecular complexity index is 584. The maximum Gasteiger partial charge on any atom is 0.221 e. The van der Waals surface area contributed by atoms with Crippen molar-refractivity contribution in [3.63, 3.8) is 0 Å². The average Bonchev–Trinajstić information content (AvgIpc) is 2.93. The number of nitrogens with zero attached hydrogens (tertiary/aromatic N) is 2. The van der Waals surface area contributed by atoms with Gasteiger partial charge in [0.1, 0.15) is 6.54 Å². The van der Waals surface area contributed by atoms with Crippen LogP contribution in [0.25, 0.3) is 11.3 Å². The minimum atomic E-state index is -0.180. The summed E-state index contributed by atoms with van der Waals surface area (Å²) < 4.78 is 5.57. The van der Waals surface area contributed by atoms with Crippen LogP contribution < -0.4 is 5.32 Å². The third-order valence-electron chi connectivity index (χ3n) is 2.54. The molecule has 0 saturated heterocycles. The number of amides is 1. The highest BCUT2D eigenvalue weighted by atomic mass is 16.4. The summed E-state index contributed by atoms with van der Waals surface area (Å²) in [4.78, 5) is 15.5. The van der Waals surface area contributed by atoms with Crippen molar-refractivity contribution in [3.8, 4) is 17.4 Å². The molecule has 1 heterocycles. The number of rotatable bonds is 5. The van der Waals surface area contributed by atoms with Crippen LogP contribution in [-0.4, -0.2) is 17.4 Å². The van der Waals surface area contributed by atoms with E-state index in [1.165, 1.54) is 0 Å². The number of hydrogen-bond acceptors (Lipinski definition) is 4. The average molecular weight is 255 g/mol. The van der Waals surface area contributed by atoms with Crippen molar-refractivity contribution in [3.05, 3.63) is 42.4 Å². The summed E-state index contributed by atoms with van der Waals surface area (Å²) in [5, 5.41) is 10.8. The zero-order valence-electron chi connectivity index (χ0n) is 10.3. The number of carbonyl (C=O) groups excluding carboxylic acids is 1. The van der Waals surface area contributed by atoms with Gasteiger partial charge in [-0.05, 0) is 0 Å². The zero-order valence-corrected chi connectivity index (χ0v) is 10.3. The number of nitrogens with one attached hydrogen (secondary N) is 1. The third-order valence-corrected chi connectivity index (χ3v) is 2.54. The molecule has 0 unspecified atom stereocenters. The van der Waals surface area contributed by atoms with E-state index in [-0.39, 0.29) is 18.9 Å². The molecule has 0 atom stereocenters. The Labute approximate surface area is 110 Å². The van der Waals surface area contributed by atoms with Crippen molar-refractivity contribution in [2.45, 2.75) is 12.8 Å². The number of carbonyl (C=O) groups is 1. The Kier molecular flexibility index (Phi) is 4.29. The molecular weight excluding hydrogens is 242 g/mol. The van der Waals surface area contributed by atoms with Crippen molar-refractivity contribution in [1.29, 1.82) is 5.26 Å². The van der Waals surface area contributed by atoms with E-state index in [2.05, 4.69) is 10.3 Å². The van der Waals surface area contributed by atoms with Gasteiger partial charge < -0.3 is 9.73 Å². The third kappa shape index (κ3) is 3.68. The molecule has 1 aromatic heterocycles. The number of hydrogen-bond donors (Lipinski definition) is 1. The summed E-state index contributed by atoms with van der Waals surface area (Å²) in [5.74, 6) is 1.03. The number of benzene rings is 1. The first-order valence-corrected chi connectivity index (χ1v) is 5.93. The summed E-state index contributed by atoms with van der Waals surface area (Å²) in [6.07, 6.45) is 2.33. The molecule has 1 amide bonds. The van der Waals surface area contributed by atoms with Gasteiger partial charge in [-0.1, -0.05) is 30.3 Å². The first kappa shape index (κ1) is 12.8. The Morgan fingerprint density at radius 1 is 1.37 bits per heavy atom. The summed E-state index contributed by atoms with van der Waals surface area (Å²) in [5.41, 5.74) is 0.954. The molecule has 19 heavy (non-hydrogen) atoms. The second-order valence-corrected chi connectivity index (χ2v) is 3.92. The molecule has 5 heteroatoms. The van der Waals surface area contributed by atoms with Crippen molar-refractivity contribution < 1.29 is 9.21 Å². The molecule has 0 saturated carbocycles. The smallest absolute Gasteiger partial charge is 0.221 e. The van der Waals surface area contributed by atoms with E-state index in [1.54, 1.807) is 6.20 Å². The fraction of sp³-hybridized carbons (Fsp3) is 0.214. The van der Waals surface area contributed by atoms with E-state index in [0.717, 1.165) is 5.56 Å². The lowest BCUT2D eigenvalue weighted by Crippen LogP contribution is -2.23. The fourth-order valence-corrected chi connectivity index (χ4v) is 1.61. The van der Waals surface area contributed by atoms with E-state index in [1.807, 2.05) is 36.4 Å². The van der Waals surface area contributed by atoms with Crippen LogP contribution in [0.5, 0.6) is 0 Å². The molecule has 0 spiro atoms. The van der Waals surface area contributed by atoms with Crippen LogP contribution in [0.15, 0.2) is 40.9 Å². The van der Waals surface area contributed by atoms with Crippen LogP contribution in [0.2, 0.25) is 0 Å². The summed E-state index contributed by atoms with van der Waals surface area (Å²) >= 11 is 0. The molecule has 0 aliphatic heterocycles. The van der Waals surface area contributed by atoms with E-state index < -0.39 is 0 Å². The van der Waals surface area contributed by atoms with Gasteiger partial charge in [0.2, 0.25) is 5.91 Å². The largest absolute Gasteiger partial charge is 0.441 e. The summed E-state index contributed by atoms with van der Waals surface area (Å²) in [6, 6.07) is 11.5. The van der Waals surface area contributed by atoms with Crippen LogP contribution in [0.4, 0.5) is 0 Å². The maximum absolute atomic E-state index is 11.3. The molecule has 0 fully saturated rings. The highest BCUT2D eigenvalue weighted by Gasteiger charge is 2.08. The van der Waals surface area contributed by atoms with Crippen LogP contribution in [-0.2, 0) is 11.2 Å². The molecule has 0 aliphatic rings. The van der Waals surface area contributed by atoms with Crippen LogP contribution in [0.1, 0.15) is 12.3 Å². The number of aromatic nitrogens is 1. The van der Waals surface area contributed by atoms with E-state index in [9.17, 15) is 4.79 Å². The Hall–Kier alpha value is -2.61. The van der Waals surface area contributed by atoms with Gasteiger partial charge in [0, 0.05) is 18.4 Å². The van der Waals surface area contributed by atoms with Gasteiger partial charge in [0.15, 0.2) is 11.7 Å². The van der Waals surface area contributed by atoms with Crippen LogP contribution >= 0.6 is 0 Å². The molecule has 1 aromatic carbocycles. The normalized spacial score (nSPS) is 9.84. The molecule has 0 aliphatic carbocycles. The van der Waals surface area contributed by atoms with Gasteiger partial charge in [-0.3, -0.25) is 4.79 Å². The maximum atomic E-state index is 11.3. The molecule has 5 nitrogen and oxygen atoms in total. The van der Waals surface area contributed by atoms with Gasteiger partial charge in [-0.25, -0.2) is 4.98 Å². The predicted molar refractivity (Wildman–Crippen MR) is 68.9 cm³/mol. The Morgan fingerprint density at radius 2 is 2.16 bits per heavy atom. The number of aryl methyl sites for hydroxylation is 1. The van der Waals surface area contributed by atoms with Crippen molar-refractivity contribution >= 4 is 5.91 Å². The van der Waals surface area contributed by atoms with Gasteiger partial charge in [-0.15, -0.1) is 0 Å². The topological polar surface area (TPSA) is 78.9 Å². The lowest BCUT2D eigenvalue weighted by molar-refractivity contribution is -0.120. The molecule has 2 aromatic rings. The van der Waals surface area contributed by atoms with Gasteiger partial charge >= 0.3 is 0 Å². The quantitative estimate of drug-likeness (QED) is 0.828. The fourth-order valence-electron chi connectivity index (χ4n) is 1.61. The zero-order chi connectivity index (χ0) is 13.5. The first-order valence-electron chi connectivity index (χ1n) is 5.93. The summed E-state index contributed by atoms with van der Waals surface area (Å²) in [7, 11) is 0. The van der Waals surface area contributed by atoms with Gasteiger partial charge in [-0.2, -0.15) is 5.26 Å². The van der Waals surface area contributed by atoms with Crippen LogP contribution in [0, 0.1) is 11.3 Å². The molecule has 96 valence electrons. The Balaban J connectivity index is 1.92. The monoisotopic (exact) mass is 255 g/mol. The van der Waals surface area contributed by atoms with Crippen molar-refractivity contribution in [2.24, 2.45) is 0 Å². The Morgan fingerprint density at radius 3 is 2.89 bits per heavy atom. The van der Waals surface area contributed by atoms with E-state index in [0.29, 0.717) is 18.1 Å². The lowest BCUT2D eigenvalue weighted by Gasteiger charge is -1.98. The van der Waals surface area contributed by atoms with Crippen molar-refractivity contribution in [1.82, 2.24) is 10.3 Å². The highest BCUT2D eigenvalue weighted by Crippen LogP contribution is 2.20. The van der Waals surface area contributed by atoms with Gasteiger partial charge in [0.05, 0.1) is 12.3 Å². The standard InChI is InChI=1S/C14H13N3O2/c15-8-9-16-13(18)6-7-14-17-10-12(19-14)11-4-2-1-3-5-11/h1-5,10H,6-7,9H2,(H,16,18). The lowest BCUT2D eigenvalue weighted by atomic mass is 10.2. The molecule has 0 radical (unpaired) electrons.